The Morgan fingerprint density at radius 1 is 1.19 bits per heavy atom. The van der Waals surface area contributed by atoms with Crippen LogP contribution in [0.25, 0.3) is 0 Å². The van der Waals surface area contributed by atoms with E-state index in [2.05, 4.69) is 10.6 Å². The van der Waals surface area contributed by atoms with Crippen molar-refractivity contribution in [1.29, 1.82) is 0 Å². The van der Waals surface area contributed by atoms with Crippen LogP contribution in [0.2, 0.25) is 10.0 Å². The molecule has 2 rings (SSSR count). The van der Waals surface area contributed by atoms with Gasteiger partial charge in [-0.1, -0.05) is 29.3 Å². The van der Waals surface area contributed by atoms with Gasteiger partial charge in [0.05, 0.1) is 17.8 Å². The number of aromatic hydroxyl groups is 1. The highest BCUT2D eigenvalue weighted by atomic mass is 35.5. The largest absolute Gasteiger partial charge is 0.504 e. The Bertz CT molecular complexity index is 677. The Hall–Kier alpha value is -2.11. The molecule has 0 aliphatic heterocycles. The van der Waals surface area contributed by atoms with Crippen LogP contribution >= 0.6 is 23.2 Å². The molecule has 0 aliphatic carbocycles. The van der Waals surface area contributed by atoms with Gasteiger partial charge in [-0.2, -0.15) is 0 Å². The third kappa shape index (κ3) is 3.93. The van der Waals surface area contributed by atoms with Gasteiger partial charge in [0.15, 0.2) is 5.75 Å². The van der Waals surface area contributed by atoms with Crippen molar-refractivity contribution in [3.63, 3.8) is 0 Å². The number of rotatable bonds is 3. The second-order valence-corrected chi connectivity index (χ2v) is 4.94. The van der Waals surface area contributed by atoms with E-state index in [1.165, 1.54) is 19.2 Å². The van der Waals surface area contributed by atoms with E-state index in [0.717, 1.165) is 0 Å². The van der Waals surface area contributed by atoms with Crippen molar-refractivity contribution in [3.8, 4) is 11.5 Å². The third-order valence-corrected chi connectivity index (χ3v) is 3.11. The smallest absolute Gasteiger partial charge is 0.323 e. The predicted molar refractivity (Wildman–Crippen MR) is 83.8 cm³/mol. The van der Waals surface area contributed by atoms with Crippen LogP contribution in [0.15, 0.2) is 36.4 Å². The number of ether oxygens (including phenoxy) is 1. The number of anilines is 2. The van der Waals surface area contributed by atoms with Gasteiger partial charge in [-0.15, -0.1) is 0 Å². The normalized spacial score (nSPS) is 10.0. The SMILES string of the molecule is COc1cccc(NC(=O)Nc2cc(Cl)cc(Cl)c2O)c1. The maximum absolute atomic E-state index is 11.9. The fourth-order valence-corrected chi connectivity index (χ4v) is 2.14. The maximum Gasteiger partial charge on any atom is 0.323 e. The Balaban J connectivity index is 2.11. The molecular formula is C14H12Cl2N2O3. The average molecular weight is 327 g/mol. The van der Waals surface area contributed by atoms with Crippen molar-refractivity contribution in [3.05, 3.63) is 46.4 Å². The Kier molecular flexibility index (Phi) is 4.77. The number of urea groups is 1. The highest BCUT2D eigenvalue weighted by molar-refractivity contribution is 6.36. The van der Waals surface area contributed by atoms with E-state index in [1.807, 2.05) is 0 Å². The van der Waals surface area contributed by atoms with Crippen LogP contribution in [0.1, 0.15) is 0 Å². The first-order valence-electron chi connectivity index (χ1n) is 5.89. The fraction of sp³-hybridized carbons (Fsp3) is 0.0714. The molecule has 5 nitrogen and oxygen atoms in total. The van der Waals surface area contributed by atoms with Crippen LogP contribution in [0.5, 0.6) is 11.5 Å². The van der Waals surface area contributed by atoms with Gasteiger partial charge < -0.3 is 20.5 Å². The minimum absolute atomic E-state index is 0.0548. The number of methoxy groups -OCH3 is 1. The molecule has 21 heavy (non-hydrogen) atoms. The molecule has 0 spiro atoms. The molecule has 0 bridgehead atoms. The monoisotopic (exact) mass is 326 g/mol. The molecule has 0 aliphatic rings. The molecule has 0 atom stereocenters. The molecule has 0 aromatic heterocycles. The first-order valence-corrected chi connectivity index (χ1v) is 6.65. The van der Waals surface area contributed by atoms with Crippen LogP contribution in [-0.2, 0) is 0 Å². The van der Waals surface area contributed by atoms with Crippen molar-refractivity contribution in [2.45, 2.75) is 0 Å². The minimum atomic E-state index is -0.545. The number of amides is 2. The van der Waals surface area contributed by atoms with Crippen LogP contribution in [-0.4, -0.2) is 18.2 Å². The van der Waals surface area contributed by atoms with Gasteiger partial charge in [0.25, 0.3) is 0 Å². The minimum Gasteiger partial charge on any atom is -0.504 e. The summed E-state index contributed by atoms with van der Waals surface area (Å²) in [6.07, 6.45) is 0. The van der Waals surface area contributed by atoms with Crippen molar-refractivity contribution in [2.75, 3.05) is 17.7 Å². The topological polar surface area (TPSA) is 70.6 Å². The Labute approximate surface area is 131 Å². The zero-order valence-corrected chi connectivity index (χ0v) is 12.5. The molecule has 0 unspecified atom stereocenters. The summed E-state index contributed by atoms with van der Waals surface area (Å²) in [5.74, 6) is 0.364. The van der Waals surface area contributed by atoms with E-state index >= 15 is 0 Å². The number of benzene rings is 2. The number of carbonyl (C=O) groups is 1. The van der Waals surface area contributed by atoms with Gasteiger partial charge in [-0.3, -0.25) is 0 Å². The lowest BCUT2D eigenvalue weighted by atomic mass is 10.3. The molecule has 2 amide bonds. The van der Waals surface area contributed by atoms with Crippen LogP contribution in [0.3, 0.4) is 0 Å². The Morgan fingerprint density at radius 2 is 1.95 bits per heavy atom. The van der Waals surface area contributed by atoms with Gasteiger partial charge in [-0.05, 0) is 24.3 Å². The number of nitrogens with one attached hydrogen (secondary N) is 2. The van der Waals surface area contributed by atoms with Crippen molar-refractivity contribution in [2.24, 2.45) is 0 Å². The second kappa shape index (κ2) is 6.56. The highest BCUT2D eigenvalue weighted by Crippen LogP contribution is 2.35. The number of phenolic OH excluding ortho intramolecular Hbond substituents is 1. The molecule has 0 saturated carbocycles. The average Bonchev–Trinajstić information content (AvgIpc) is 2.44. The molecule has 0 saturated heterocycles. The molecule has 2 aromatic carbocycles. The van der Waals surface area contributed by atoms with Crippen LogP contribution in [0.4, 0.5) is 16.2 Å². The summed E-state index contributed by atoms with van der Waals surface area (Å²) in [7, 11) is 1.53. The summed E-state index contributed by atoms with van der Waals surface area (Å²) in [6.45, 7) is 0. The summed E-state index contributed by atoms with van der Waals surface area (Å²) in [6, 6.07) is 9.08. The first kappa shape index (κ1) is 15.3. The number of hydrogen-bond donors (Lipinski definition) is 3. The second-order valence-electron chi connectivity index (χ2n) is 4.09. The summed E-state index contributed by atoms with van der Waals surface area (Å²) in [5.41, 5.74) is 0.660. The van der Waals surface area contributed by atoms with Gasteiger partial charge in [0.1, 0.15) is 5.75 Å². The number of hydrogen-bond acceptors (Lipinski definition) is 3. The Morgan fingerprint density at radius 3 is 2.67 bits per heavy atom. The molecule has 3 N–H and O–H groups in total. The number of phenols is 1. The molecule has 7 heteroatoms. The van der Waals surface area contributed by atoms with Crippen molar-refractivity contribution >= 4 is 40.6 Å². The predicted octanol–water partition coefficient (Wildman–Crippen LogP) is 4.35. The van der Waals surface area contributed by atoms with Crippen LogP contribution in [0, 0.1) is 0 Å². The quantitative estimate of drug-likeness (QED) is 0.734. The van der Waals surface area contributed by atoms with Crippen molar-refractivity contribution < 1.29 is 14.6 Å². The van der Waals surface area contributed by atoms with Gasteiger partial charge in [0.2, 0.25) is 0 Å². The van der Waals surface area contributed by atoms with Crippen LogP contribution < -0.4 is 15.4 Å². The zero-order chi connectivity index (χ0) is 15.4. The van der Waals surface area contributed by atoms with Gasteiger partial charge in [0, 0.05) is 16.8 Å². The summed E-state index contributed by atoms with van der Waals surface area (Å²) in [4.78, 5) is 11.9. The summed E-state index contributed by atoms with van der Waals surface area (Å²) >= 11 is 11.6. The lowest BCUT2D eigenvalue weighted by Crippen LogP contribution is -2.19. The van der Waals surface area contributed by atoms with Crippen molar-refractivity contribution in [1.82, 2.24) is 0 Å². The molecule has 0 radical (unpaired) electrons. The lowest BCUT2D eigenvalue weighted by Gasteiger charge is -2.11. The van der Waals surface area contributed by atoms with E-state index in [9.17, 15) is 9.90 Å². The zero-order valence-electron chi connectivity index (χ0n) is 11.0. The molecule has 0 heterocycles. The van der Waals surface area contributed by atoms with E-state index < -0.39 is 6.03 Å². The molecule has 2 aromatic rings. The summed E-state index contributed by atoms with van der Waals surface area (Å²) in [5, 5.41) is 15.2. The number of carbonyl (C=O) groups excluding carboxylic acids is 1. The van der Waals surface area contributed by atoms with Gasteiger partial charge in [-0.25, -0.2) is 4.79 Å². The fourth-order valence-electron chi connectivity index (χ4n) is 1.65. The van der Waals surface area contributed by atoms with E-state index in [1.54, 1.807) is 24.3 Å². The standard InChI is InChI=1S/C14H12Cl2N2O3/c1-21-10-4-2-3-9(7-10)17-14(20)18-12-6-8(15)5-11(16)13(12)19/h2-7,19H,1H3,(H2,17,18,20). The summed E-state index contributed by atoms with van der Waals surface area (Å²) < 4.78 is 5.06. The van der Waals surface area contributed by atoms with E-state index in [0.29, 0.717) is 16.5 Å². The lowest BCUT2D eigenvalue weighted by molar-refractivity contribution is 0.262. The first-order chi connectivity index (χ1) is 9.99. The van der Waals surface area contributed by atoms with E-state index in [-0.39, 0.29) is 16.5 Å². The molecular weight excluding hydrogens is 315 g/mol. The van der Waals surface area contributed by atoms with E-state index in [4.69, 9.17) is 27.9 Å². The molecule has 110 valence electrons. The maximum atomic E-state index is 11.9. The third-order valence-electron chi connectivity index (χ3n) is 2.60. The highest BCUT2D eigenvalue weighted by Gasteiger charge is 2.11. The number of halogens is 2. The molecule has 0 fully saturated rings. The van der Waals surface area contributed by atoms with Gasteiger partial charge >= 0.3 is 6.03 Å².